The van der Waals surface area contributed by atoms with E-state index in [2.05, 4.69) is 4.72 Å². The highest BCUT2D eigenvalue weighted by molar-refractivity contribution is 7.93. The van der Waals surface area contributed by atoms with Crippen molar-refractivity contribution in [3.8, 4) is 5.75 Å². The number of anilines is 1. The van der Waals surface area contributed by atoms with Crippen molar-refractivity contribution < 1.29 is 27.4 Å². The number of hydrogen-bond donors (Lipinski definition) is 1. The Balaban J connectivity index is 1.54. The number of carbonyl (C=O) groups is 1. The van der Waals surface area contributed by atoms with Gasteiger partial charge in [-0.3, -0.25) is 9.52 Å². The third-order valence-corrected chi connectivity index (χ3v) is 5.83. The summed E-state index contributed by atoms with van der Waals surface area (Å²) in [4.78, 5) is 14.1. The molecule has 2 aliphatic heterocycles. The van der Waals surface area contributed by atoms with Gasteiger partial charge in [0.2, 0.25) is 15.9 Å². The molecule has 0 aromatic heterocycles. The monoisotopic (exact) mass is 412 g/mol. The molecule has 1 N–H and O–H groups in total. The highest BCUT2D eigenvalue weighted by Crippen LogP contribution is 2.25. The van der Waals surface area contributed by atoms with Crippen molar-refractivity contribution in [1.82, 2.24) is 4.90 Å². The van der Waals surface area contributed by atoms with Crippen LogP contribution >= 0.6 is 0 Å². The van der Waals surface area contributed by atoms with Gasteiger partial charge in [0.25, 0.3) is 0 Å². The van der Waals surface area contributed by atoms with Crippen LogP contribution in [-0.4, -0.2) is 63.7 Å². The van der Waals surface area contributed by atoms with Crippen molar-refractivity contribution in [2.24, 2.45) is 5.92 Å². The molecule has 2 heterocycles. The van der Waals surface area contributed by atoms with Crippen LogP contribution in [-0.2, 0) is 24.3 Å². The molecule has 1 atom stereocenters. The van der Waals surface area contributed by atoms with E-state index in [-0.39, 0.29) is 18.3 Å². The Bertz CT molecular complexity index is 759. The van der Waals surface area contributed by atoms with Crippen molar-refractivity contribution in [1.29, 1.82) is 0 Å². The largest absolute Gasteiger partial charge is 0.491 e. The smallest absolute Gasteiger partial charge is 0.241 e. The third-order valence-electron chi connectivity index (χ3n) is 4.66. The van der Waals surface area contributed by atoms with E-state index in [4.69, 9.17) is 14.2 Å². The second-order valence-electron chi connectivity index (χ2n) is 7.40. The Morgan fingerprint density at radius 1 is 1.25 bits per heavy atom. The van der Waals surface area contributed by atoms with Gasteiger partial charge < -0.3 is 19.1 Å². The maximum atomic E-state index is 12.5. The summed E-state index contributed by atoms with van der Waals surface area (Å²) in [5.41, 5.74) is 0.396. The minimum Gasteiger partial charge on any atom is -0.491 e. The van der Waals surface area contributed by atoms with Crippen LogP contribution < -0.4 is 9.46 Å². The van der Waals surface area contributed by atoms with E-state index in [0.29, 0.717) is 37.7 Å². The van der Waals surface area contributed by atoms with E-state index in [0.717, 1.165) is 12.8 Å². The number of carbonyl (C=O) groups excluding carboxylic acids is 1. The zero-order chi connectivity index (χ0) is 20.1. The Kier molecular flexibility index (Phi) is 6.79. The van der Waals surface area contributed by atoms with Crippen molar-refractivity contribution >= 4 is 21.6 Å². The molecule has 3 rings (SSSR count). The van der Waals surface area contributed by atoms with Gasteiger partial charge in [0.05, 0.1) is 19.3 Å². The Morgan fingerprint density at radius 2 is 1.93 bits per heavy atom. The average Bonchev–Trinajstić information content (AvgIpc) is 3.17. The van der Waals surface area contributed by atoms with Gasteiger partial charge in [-0.2, -0.15) is 0 Å². The number of benzene rings is 1. The first-order valence-corrected chi connectivity index (χ1v) is 11.3. The molecule has 8 nitrogen and oxygen atoms in total. The molecule has 1 unspecified atom stereocenters. The highest BCUT2D eigenvalue weighted by atomic mass is 32.2. The lowest BCUT2D eigenvalue weighted by molar-refractivity contribution is -0.136. The predicted octanol–water partition coefficient (Wildman–Crippen LogP) is 1.83. The molecule has 28 heavy (non-hydrogen) atoms. The van der Waals surface area contributed by atoms with E-state index in [1.807, 2.05) is 13.8 Å². The van der Waals surface area contributed by atoms with E-state index >= 15 is 0 Å². The van der Waals surface area contributed by atoms with Crippen LogP contribution in [0.1, 0.15) is 26.7 Å². The number of rotatable bonds is 7. The second kappa shape index (κ2) is 9.11. The molecular formula is C19H28N2O6S. The van der Waals surface area contributed by atoms with Crippen LogP contribution in [0.2, 0.25) is 0 Å². The Labute approximate surface area is 166 Å². The number of sulfonamides is 1. The first-order chi connectivity index (χ1) is 13.3. The van der Waals surface area contributed by atoms with Crippen LogP contribution in [0.25, 0.3) is 0 Å². The molecule has 0 radical (unpaired) electrons. The molecular weight excluding hydrogens is 384 g/mol. The third kappa shape index (κ3) is 5.83. The SMILES string of the molecule is CC(C)Oc1ccc(NS(=O)(=O)CC(=O)N2CCCC(C3OCCO3)C2)cc1. The van der Waals surface area contributed by atoms with Gasteiger partial charge in [-0.05, 0) is 51.0 Å². The minimum absolute atomic E-state index is 0.0357. The zero-order valence-corrected chi connectivity index (χ0v) is 17.1. The first kappa shape index (κ1) is 20.9. The normalized spacial score (nSPS) is 21.1. The van der Waals surface area contributed by atoms with Crippen LogP contribution in [0.15, 0.2) is 24.3 Å². The first-order valence-electron chi connectivity index (χ1n) is 9.60. The summed E-state index contributed by atoms with van der Waals surface area (Å²) in [6.07, 6.45) is 1.46. The molecule has 2 saturated heterocycles. The molecule has 9 heteroatoms. The lowest BCUT2D eigenvalue weighted by atomic mass is 9.97. The number of nitrogens with one attached hydrogen (secondary N) is 1. The van der Waals surface area contributed by atoms with Crippen LogP contribution in [0, 0.1) is 5.92 Å². The summed E-state index contributed by atoms with van der Waals surface area (Å²) in [5, 5.41) is 0. The summed E-state index contributed by atoms with van der Waals surface area (Å²) in [7, 11) is -3.80. The van der Waals surface area contributed by atoms with Gasteiger partial charge in [-0.15, -0.1) is 0 Å². The van der Waals surface area contributed by atoms with Gasteiger partial charge in [-0.25, -0.2) is 8.42 Å². The van der Waals surface area contributed by atoms with Gasteiger partial charge in [0, 0.05) is 24.7 Å². The number of ether oxygens (including phenoxy) is 3. The van der Waals surface area contributed by atoms with Crippen molar-refractivity contribution in [2.75, 3.05) is 36.8 Å². The van der Waals surface area contributed by atoms with Crippen molar-refractivity contribution in [3.05, 3.63) is 24.3 Å². The molecule has 2 fully saturated rings. The molecule has 1 aromatic rings. The summed E-state index contributed by atoms with van der Waals surface area (Å²) in [6, 6.07) is 6.61. The maximum absolute atomic E-state index is 12.5. The Hall–Kier alpha value is -1.84. The Morgan fingerprint density at radius 3 is 2.57 bits per heavy atom. The number of likely N-dealkylation sites (tertiary alicyclic amines) is 1. The maximum Gasteiger partial charge on any atom is 0.241 e. The van der Waals surface area contributed by atoms with Crippen LogP contribution in [0.3, 0.4) is 0 Å². The fourth-order valence-corrected chi connectivity index (χ4v) is 4.53. The molecule has 156 valence electrons. The fourth-order valence-electron chi connectivity index (χ4n) is 3.45. The van der Waals surface area contributed by atoms with E-state index in [1.165, 1.54) is 0 Å². The molecule has 2 aliphatic rings. The van der Waals surface area contributed by atoms with Gasteiger partial charge in [0.15, 0.2) is 6.29 Å². The minimum atomic E-state index is -3.80. The van der Waals surface area contributed by atoms with Crippen molar-refractivity contribution in [3.63, 3.8) is 0 Å². The van der Waals surface area contributed by atoms with Gasteiger partial charge in [-0.1, -0.05) is 0 Å². The lowest BCUT2D eigenvalue weighted by Gasteiger charge is -2.34. The molecule has 1 amide bonds. The number of nitrogens with zero attached hydrogens (tertiary/aromatic N) is 1. The molecule has 0 spiro atoms. The van der Waals surface area contributed by atoms with Gasteiger partial charge in [0.1, 0.15) is 11.5 Å². The summed E-state index contributed by atoms with van der Waals surface area (Å²) in [6.45, 7) is 5.97. The van der Waals surface area contributed by atoms with Crippen LogP contribution in [0.4, 0.5) is 5.69 Å². The molecule has 0 aliphatic carbocycles. The number of hydrogen-bond acceptors (Lipinski definition) is 6. The molecule has 0 bridgehead atoms. The van der Waals surface area contributed by atoms with Crippen LogP contribution in [0.5, 0.6) is 5.75 Å². The average molecular weight is 413 g/mol. The lowest BCUT2D eigenvalue weighted by Crippen LogP contribution is -2.46. The van der Waals surface area contributed by atoms with E-state index < -0.39 is 21.7 Å². The fraction of sp³-hybridized carbons (Fsp3) is 0.632. The number of piperidine rings is 1. The topological polar surface area (TPSA) is 94.2 Å². The summed E-state index contributed by atoms with van der Waals surface area (Å²) >= 11 is 0. The van der Waals surface area contributed by atoms with E-state index in [9.17, 15) is 13.2 Å². The summed E-state index contributed by atoms with van der Waals surface area (Å²) < 4.78 is 43.9. The quantitative estimate of drug-likeness (QED) is 0.734. The predicted molar refractivity (Wildman–Crippen MR) is 105 cm³/mol. The van der Waals surface area contributed by atoms with Gasteiger partial charge >= 0.3 is 0 Å². The molecule has 0 saturated carbocycles. The standard InChI is InChI=1S/C19H28N2O6S/c1-14(2)27-17-7-5-16(6-8-17)20-28(23,24)13-18(22)21-9-3-4-15(12-21)19-25-10-11-26-19/h5-8,14-15,19-20H,3-4,9-13H2,1-2H3. The second-order valence-corrected chi connectivity index (χ2v) is 9.13. The molecule has 1 aromatic carbocycles. The zero-order valence-electron chi connectivity index (χ0n) is 16.3. The van der Waals surface area contributed by atoms with Crippen molar-refractivity contribution in [2.45, 2.75) is 39.1 Å². The van der Waals surface area contributed by atoms with E-state index in [1.54, 1.807) is 29.2 Å². The number of amides is 1. The highest BCUT2D eigenvalue weighted by Gasteiger charge is 2.33. The summed E-state index contributed by atoms with van der Waals surface area (Å²) in [5.74, 6) is -0.250.